The molecule has 186 valence electrons. The maximum absolute atomic E-state index is 10.0. The van der Waals surface area contributed by atoms with Crippen molar-refractivity contribution in [2.24, 2.45) is 0 Å². The van der Waals surface area contributed by atoms with Gasteiger partial charge >= 0.3 is 20.1 Å². The van der Waals surface area contributed by atoms with Crippen molar-refractivity contribution in [2.45, 2.75) is 48.0 Å². The second-order valence-corrected chi connectivity index (χ2v) is 8.20. The third-order valence-corrected chi connectivity index (χ3v) is 4.73. The van der Waals surface area contributed by atoms with E-state index in [4.69, 9.17) is 0 Å². The Hall–Kier alpha value is -3.41. The zero-order valence-corrected chi connectivity index (χ0v) is 24.0. The van der Waals surface area contributed by atoms with E-state index >= 15 is 0 Å². The fraction of sp³-hybridized carbons (Fsp3) is 0.241. The molecule has 2 aromatic carbocycles. The minimum Gasteiger partial charge on any atom is -0.300 e. The number of rotatable bonds is 4. The summed E-state index contributed by atoms with van der Waals surface area (Å²) in [4.78, 5) is 37.6. The first kappa shape index (κ1) is 30.6. The van der Waals surface area contributed by atoms with E-state index < -0.39 is 0 Å². The number of Topliss-reactive ketones (excluding diaryl/α,β-unsaturated/α-hetero) is 2. The molecule has 0 spiro atoms. The van der Waals surface area contributed by atoms with Crippen LogP contribution in [0.5, 0.6) is 0 Å². The Morgan fingerprint density at radius 2 is 0.944 bits per heavy atom. The Morgan fingerprint density at radius 3 is 1.19 bits per heavy atom. The van der Waals surface area contributed by atoms with Crippen molar-refractivity contribution >= 4 is 11.6 Å². The molecule has 0 aliphatic rings. The molecule has 0 N–H and O–H groups in total. The van der Waals surface area contributed by atoms with Gasteiger partial charge in [0.2, 0.25) is 0 Å². The molecule has 0 atom stereocenters. The molecule has 0 aliphatic heterocycles. The second kappa shape index (κ2) is 15.6. The van der Waals surface area contributed by atoms with Crippen molar-refractivity contribution in [3.05, 3.63) is 95.8 Å². The van der Waals surface area contributed by atoms with Crippen LogP contribution in [-0.4, -0.2) is 31.5 Å². The van der Waals surface area contributed by atoms with Crippen LogP contribution in [0.25, 0.3) is 22.5 Å². The van der Waals surface area contributed by atoms with Crippen LogP contribution >= 0.6 is 0 Å². The minimum absolute atomic E-state index is 0. The quantitative estimate of drug-likeness (QED) is 0.247. The summed E-state index contributed by atoms with van der Waals surface area (Å²) >= 11 is 0. The van der Waals surface area contributed by atoms with Gasteiger partial charge < -0.3 is 0 Å². The zero-order valence-electron chi connectivity index (χ0n) is 21.6. The summed E-state index contributed by atoms with van der Waals surface area (Å²) in [5.41, 5.74) is 8.07. The summed E-state index contributed by atoms with van der Waals surface area (Å²) in [6, 6.07) is 20.2. The van der Waals surface area contributed by atoms with Crippen molar-refractivity contribution < 1.29 is 29.7 Å². The number of benzene rings is 2. The summed E-state index contributed by atoms with van der Waals surface area (Å²) in [7, 11) is 0. The topological polar surface area (TPSA) is 85.7 Å². The van der Waals surface area contributed by atoms with Crippen LogP contribution in [0.1, 0.15) is 43.0 Å². The summed E-state index contributed by atoms with van der Waals surface area (Å²) in [5.74, 6) is -0.125. The third-order valence-electron chi connectivity index (χ3n) is 4.73. The number of hydrogen-bond donors (Lipinski definition) is 0. The van der Waals surface area contributed by atoms with Crippen LogP contribution in [-0.2, 0) is 29.7 Å². The molecule has 2 heterocycles. The van der Waals surface area contributed by atoms with Crippen molar-refractivity contribution in [1.82, 2.24) is 19.9 Å². The van der Waals surface area contributed by atoms with Crippen LogP contribution in [0, 0.1) is 27.7 Å². The van der Waals surface area contributed by atoms with Gasteiger partial charge in [-0.15, -0.1) is 0 Å². The first-order valence-corrected chi connectivity index (χ1v) is 11.4. The van der Waals surface area contributed by atoms with Crippen molar-refractivity contribution in [3.63, 3.8) is 0 Å². The minimum atomic E-state index is -0.0625. The summed E-state index contributed by atoms with van der Waals surface area (Å²) in [6.45, 7) is 10.7. The first-order valence-electron chi connectivity index (χ1n) is 11.4. The number of carbonyl (C=O) groups excluding carboxylic acids is 2. The van der Waals surface area contributed by atoms with E-state index in [2.05, 4.69) is 19.9 Å². The van der Waals surface area contributed by atoms with Gasteiger partial charge in [-0.2, -0.15) is 0 Å². The molecule has 36 heavy (non-hydrogen) atoms. The predicted octanol–water partition coefficient (Wildman–Crippen LogP) is 6.07. The predicted molar refractivity (Wildman–Crippen MR) is 140 cm³/mol. The van der Waals surface area contributed by atoms with Gasteiger partial charge in [0.1, 0.15) is 11.6 Å². The Labute approximate surface area is 227 Å². The average Bonchev–Trinajstić information content (AvgIpc) is 2.80. The molecule has 0 unspecified atom stereocenters. The van der Waals surface area contributed by atoms with Crippen LogP contribution in [0.4, 0.5) is 0 Å². The maximum Gasteiger partial charge on any atom is 3.00 e. The maximum atomic E-state index is 10.0. The van der Waals surface area contributed by atoms with Crippen LogP contribution < -0.4 is 0 Å². The van der Waals surface area contributed by atoms with Gasteiger partial charge in [0.05, 0.1) is 40.6 Å². The average molecular weight is 661 g/mol. The summed E-state index contributed by atoms with van der Waals surface area (Å²) < 4.78 is 0. The third kappa shape index (κ3) is 10.5. The molecule has 0 bridgehead atoms. The van der Waals surface area contributed by atoms with Crippen molar-refractivity contribution in [2.75, 3.05) is 0 Å². The van der Waals surface area contributed by atoms with Gasteiger partial charge in [-0.3, -0.25) is 29.5 Å². The molecular weight excluding hydrogens is 629 g/mol. The van der Waals surface area contributed by atoms with E-state index in [-0.39, 0.29) is 38.1 Å². The van der Waals surface area contributed by atoms with Gasteiger partial charge in [0.15, 0.2) is 0 Å². The van der Waals surface area contributed by atoms with E-state index in [9.17, 15) is 9.59 Å². The van der Waals surface area contributed by atoms with Gasteiger partial charge in [-0.05, 0) is 41.5 Å². The molecule has 2 aromatic heterocycles. The number of carbonyl (C=O) groups is 2. The number of aryl methyl sites for hydroxylation is 4. The van der Waals surface area contributed by atoms with Gasteiger partial charge in [0, 0.05) is 23.5 Å². The van der Waals surface area contributed by atoms with Crippen LogP contribution in [0.3, 0.4) is 0 Å². The second-order valence-electron chi connectivity index (χ2n) is 8.20. The molecule has 0 fully saturated rings. The zero-order chi connectivity index (χ0) is 25.8. The van der Waals surface area contributed by atoms with Gasteiger partial charge in [0.25, 0.3) is 0 Å². The molecule has 0 saturated carbocycles. The molecular formula is C29H32IrN4O2+3. The molecule has 0 saturated heterocycles. The first-order chi connectivity index (χ1) is 16.7. The van der Waals surface area contributed by atoms with Crippen LogP contribution in [0.15, 0.2) is 73.1 Å². The van der Waals surface area contributed by atoms with Crippen LogP contribution in [0.2, 0.25) is 0 Å². The van der Waals surface area contributed by atoms with Crippen molar-refractivity contribution in [3.8, 4) is 22.5 Å². The standard InChI is InChI=1S/2C12H12N2.C5H8O2.Ir/c2*1-9-8-13-12(10(2)14-9)11-6-4-3-5-7-11;1-4(6)3-5(2)7;/h2*3-8H,1-2H3;3H2,1-2H3;/q;;;+3. The molecule has 0 radical (unpaired) electrons. The normalized spacial score (nSPS) is 9.50. The fourth-order valence-corrected chi connectivity index (χ4v) is 3.30. The van der Waals surface area contributed by atoms with E-state index in [1.807, 2.05) is 88.4 Å². The molecule has 6 nitrogen and oxygen atoms in total. The Balaban J connectivity index is 0.000000283. The number of nitrogens with zero attached hydrogens (tertiary/aromatic N) is 4. The SMILES string of the molecule is CC(=O)CC(C)=O.Cc1cnc(-c2ccccc2)c(C)n1.Cc1cnc(-c2ccccc2)c(C)n1.[Ir+3]. The van der Waals surface area contributed by atoms with E-state index in [0.29, 0.717) is 0 Å². The van der Waals surface area contributed by atoms with E-state index in [1.54, 1.807) is 12.4 Å². The number of ketones is 2. The Bertz CT molecular complexity index is 1160. The Kier molecular flexibility index (Phi) is 13.2. The van der Waals surface area contributed by atoms with Gasteiger partial charge in [-0.1, -0.05) is 60.7 Å². The summed E-state index contributed by atoms with van der Waals surface area (Å²) in [6.07, 6.45) is 3.69. The molecule has 7 heteroatoms. The van der Waals surface area contributed by atoms with E-state index in [1.165, 1.54) is 13.8 Å². The fourth-order valence-electron chi connectivity index (χ4n) is 3.30. The number of aromatic nitrogens is 4. The molecule has 0 aliphatic carbocycles. The molecule has 4 aromatic rings. The summed E-state index contributed by atoms with van der Waals surface area (Å²) in [5, 5.41) is 0. The smallest absolute Gasteiger partial charge is 0.300 e. The van der Waals surface area contributed by atoms with Gasteiger partial charge in [-0.25, -0.2) is 0 Å². The Morgan fingerprint density at radius 1 is 0.611 bits per heavy atom. The molecule has 0 amide bonds. The monoisotopic (exact) mass is 661 g/mol. The van der Waals surface area contributed by atoms with Crippen molar-refractivity contribution in [1.29, 1.82) is 0 Å². The number of hydrogen-bond acceptors (Lipinski definition) is 6. The molecule has 4 rings (SSSR count). The largest absolute Gasteiger partial charge is 3.00 e. The van der Waals surface area contributed by atoms with E-state index in [0.717, 1.165) is 45.3 Å².